The van der Waals surface area contributed by atoms with Crippen molar-refractivity contribution in [3.05, 3.63) is 48.2 Å². The maximum atomic E-state index is 5.96. The van der Waals surface area contributed by atoms with Crippen LogP contribution in [0.1, 0.15) is 77.3 Å². The van der Waals surface area contributed by atoms with Crippen molar-refractivity contribution in [3.8, 4) is 0 Å². The number of aliphatic imine (C=N–C) groups is 2. The van der Waals surface area contributed by atoms with Gasteiger partial charge in [-0.15, -0.1) is 0 Å². The molecule has 0 bridgehead atoms. The van der Waals surface area contributed by atoms with Crippen LogP contribution in [-0.4, -0.2) is 37.3 Å². The van der Waals surface area contributed by atoms with Crippen molar-refractivity contribution in [2.75, 3.05) is 20.2 Å². The smallest absolute Gasteiger partial charge is 0.154 e. The molecule has 0 saturated heterocycles. The van der Waals surface area contributed by atoms with Gasteiger partial charge in [-0.3, -0.25) is 4.99 Å². The first kappa shape index (κ1) is 24.1. The van der Waals surface area contributed by atoms with Gasteiger partial charge in [0.1, 0.15) is 0 Å². The SMILES string of the molecule is C=CNCCC(CCOC(C)(C)C)c1ccc(C(/N=C(/C)CCC)=N/C)cc1. The lowest BCUT2D eigenvalue weighted by Crippen LogP contribution is -2.21. The zero-order valence-electron chi connectivity index (χ0n) is 18.7. The van der Waals surface area contributed by atoms with Gasteiger partial charge in [0.25, 0.3) is 0 Å². The Balaban J connectivity index is 2.90. The average molecular weight is 386 g/mol. The Morgan fingerprint density at radius 3 is 2.43 bits per heavy atom. The first-order valence-electron chi connectivity index (χ1n) is 10.4. The van der Waals surface area contributed by atoms with E-state index in [1.165, 1.54) is 5.56 Å². The zero-order chi connectivity index (χ0) is 21.0. The summed E-state index contributed by atoms with van der Waals surface area (Å²) >= 11 is 0. The molecule has 0 aliphatic rings. The predicted octanol–water partition coefficient (Wildman–Crippen LogP) is 5.74. The molecule has 0 aromatic heterocycles. The van der Waals surface area contributed by atoms with Gasteiger partial charge in [0, 0.05) is 31.5 Å². The van der Waals surface area contributed by atoms with E-state index >= 15 is 0 Å². The Bertz CT molecular complexity index is 639. The Labute approximate surface area is 172 Å². The van der Waals surface area contributed by atoms with Crippen LogP contribution >= 0.6 is 0 Å². The molecule has 28 heavy (non-hydrogen) atoms. The minimum atomic E-state index is -0.103. The number of ether oxygens (including phenoxy) is 1. The number of nitrogens with zero attached hydrogens (tertiary/aromatic N) is 2. The Morgan fingerprint density at radius 2 is 1.89 bits per heavy atom. The number of hydrogen-bond acceptors (Lipinski definition) is 3. The molecule has 0 aliphatic heterocycles. The normalized spacial score (nSPS) is 14.1. The molecule has 0 radical (unpaired) electrons. The molecule has 4 heteroatoms. The Kier molecular flexibility index (Phi) is 10.8. The second kappa shape index (κ2) is 12.5. The number of amidine groups is 1. The van der Waals surface area contributed by atoms with Gasteiger partial charge in [-0.25, -0.2) is 4.99 Å². The van der Waals surface area contributed by atoms with Gasteiger partial charge in [0.15, 0.2) is 5.84 Å². The molecule has 0 fully saturated rings. The summed E-state index contributed by atoms with van der Waals surface area (Å²) in [7, 11) is 1.81. The highest BCUT2D eigenvalue weighted by Crippen LogP contribution is 2.25. The molecule has 1 aromatic carbocycles. The van der Waals surface area contributed by atoms with E-state index < -0.39 is 0 Å². The van der Waals surface area contributed by atoms with Gasteiger partial charge < -0.3 is 10.1 Å². The van der Waals surface area contributed by atoms with Crippen LogP contribution in [0.25, 0.3) is 0 Å². The first-order chi connectivity index (χ1) is 13.3. The second-order valence-corrected chi connectivity index (χ2v) is 8.16. The molecule has 4 nitrogen and oxygen atoms in total. The lowest BCUT2D eigenvalue weighted by atomic mass is 9.92. The molecule has 0 aliphatic carbocycles. The maximum Gasteiger partial charge on any atom is 0.154 e. The molecular formula is C24H39N3O. The fraction of sp³-hybridized carbons (Fsp3) is 0.583. The van der Waals surface area contributed by atoms with E-state index in [0.717, 1.165) is 55.9 Å². The third-order valence-electron chi connectivity index (χ3n) is 4.54. The van der Waals surface area contributed by atoms with E-state index in [0.29, 0.717) is 5.92 Å². The third-order valence-corrected chi connectivity index (χ3v) is 4.54. The molecule has 1 aromatic rings. The van der Waals surface area contributed by atoms with E-state index in [9.17, 15) is 0 Å². The summed E-state index contributed by atoms with van der Waals surface area (Å²) in [5.74, 6) is 1.25. The van der Waals surface area contributed by atoms with Crippen molar-refractivity contribution in [2.45, 2.75) is 71.8 Å². The van der Waals surface area contributed by atoms with Crippen molar-refractivity contribution in [2.24, 2.45) is 9.98 Å². The fourth-order valence-electron chi connectivity index (χ4n) is 3.09. The largest absolute Gasteiger partial charge is 0.391 e. The van der Waals surface area contributed by atoms with E-state index in [2.05, 4.69) is 75.8 Å². The number of hydrogen-bond donors (Lipinski definition) is 1. The fourth-order valence-corrected chi connectivity index (χ4v) is 3.09. The number of benzene rings is 1. The first-order valence-corrected chi connectivity index (χ1v) is 10.4. The minimum absolute atomic E-state index is 0.103. The van der Waals surface area contributed by atoms with Crippen LogP contribution in [0, 0.1) is 0 Å². The third kappa shape index (κ3) is 9.32. The summed E-state index contributed by atoms with van der Waals surface area (Å²) in [6, 6.07) is 8.69. The van der Waals surface area contributed by atoms with Gasteiger partial charge >= 0.3 is 0 Å². The maximum absolute atomic E-state index is 5.96. The van der Waals surface area contributed by atoms with Crippen LogP contribution in [0.15, 0.2) is 47.0 Å². The van der Waals surface area contributed by atoms with Crippen molar-refractivity contribution in [3.63, 3.8) is 0 Å². The molecule has 0 saturated carbocycles. The molecule has 1 N–H and O–H groups in total. The van der Waals surface area contributed by atoms with Crippen LogP contribution in [-0.2, 0) is 4.74 Å². The summed E-state index contributed by atoms with van der Waals surface area (Å²) in [4.78, 5) is 9.07. The highest BCUT2D eigenvalue weighted by Gasteiger charge is 2.15. The van der Waals surface area contributed by atoms with E-state index in [-0.39, 0.29) is 5.60 Å². The molecular weight excluding hydrogens is 346 g/mol. The molecule has 1 rings (SSSR count). The van der Waals surface area contributed by atoms with E-state index in [4.69, 9.17) is 9.73 Å². The predicted molar refractivity (Wildman–Crippen MR) is 123 cm³/mol. The highest BCUT2D eigenvalue weighted by atomic mass is 16.5. The van der Waals surface area contributed by atoms with Crippen LogP contribution in [0.2, 0.25) is 0 Å². The van der Waals surface area contributed by atoms with E-state index in [1.54, 1.807) is 13.2 Å². The van der Waals surface area contributed by atoms with Gasteiger partial charge in [-0.2, -0.15) is 0 Å². The van der Waals surface area contributed by atoms with Crippen molar-refractivity contribution < 1.29 is 4.74 Å². The van der Waals surface area contributed by atoms with Crippen LogP contribution in [0.5, 0.6) is 0 Å². The molecule has 156 valence electrons. The van der Waals surface area contributed by atoms with Gasteiger partial charge in [0.05, 0.1) is 5.60 Å². The minimum Gasteiger partial charge on any atom is -0.391 e. The number of rotatable bonds is 11. The molecule has 1 atom stereocenters. The number of nitrogens with one attached hydrogen (secondary N) is 1. The summed E-state index contributed by atoms with van der Waals surface area (Å²) < 4.78 is 5.96. The standard InChI is InChI=1S/C24H39N3O/c1-8-10-19(3)27-23(25-7)22-13-11-20(12-14-22)21(15-17-26-9-2)16-18-28-24(4,5)6/h9,11-14,21,26H,2,8,10,15-18H2,1,3-7H3/b25-23-,27-19-. The Hall–Kier alpha value is -1.94. The van der Waals surface area contributed by atoms with Crippen molar-refractivity contribution in [1.82, 2.24) is 5.32 Å². The van der Waals surface area contributed by atoms with E-state index in [1.807, 2.05) is 0 Å². The van der Waals surface area contributed by atoms with Gasteiger partial charge in [-0.05, 0) is 64.6 Å². The van der Waals surface area contributed by atoms with Gasteiger partial charge in [-0.1, -0.05) is 44.2 Å². The van der Waals surface area contributed by atoms with Crippen molar-refractivity contribution in [1.29, 1.82) is 0 Å². The topological polar surface area (TPSA) is 46.0 Å². The molecule has 0 spiro atoms. The quantitative estimate of drug-likeness (QED) is 0.300. The molecule has 1 unspecified atom stereocenters. The lowest BCUT2D eigenvalue weighted by Gasteiger charge is -2.23. The zero-order valence-corrected chi connectivity index (χ0v) is 18.7. The van der Waals surface area contributed by atoms with Crippen molar-refractivity contribution >= 4 is 11.5 Å². The monoisotopic (exact) mass is 385 g/mol. The van der Waals surface area contributed by atoms with Crippen LogP contribution in [0.3, 0.4) is 0 Å². The molecule has 0 heterocycles. The second-order valence-electron chi connectivity index (χ2n) is 8.16. The van der Waals surface area contributed by atoms with Crippen LogP contribution in [0.4, 0.5) is 0 Å². The summed E-state index contributed by atoms with van der Waals surface area (Å²) in [6.07, 6.45) is 5.90. The highest BCUT2D eigenvalue weighted by molar-refractivity contribution is 6.06. The summed E-state index contributed by atoms with van der Waals surface area (Å²) in [5, 5.41) is 3.21. The lowest BCUT2D eigenvalue weighted by molar-refractivity contribution is -0.00645. The summed E-state index contributed by atoms with van der Waals surface area (Å²) in [5.41, 5.74) is 3.42. The van der Waals surface area contributed by atoms with Crippen LogP contribution < -0.4 is 5.32 Å². The van der Waals surface area contributed by atoms with Gasteiger partial charge in [0.2, 0.25) is 0 Å². The summed E-state index contributed by atoms with van der Waals surface area (Å²) in [6.45, 7) is 15.9. The Morgan fingerprint density at radius 1 is 1.21 bits per heavy atom. The average Bonchev–Trinajstić information content (AvgIpc) is 2.64. The molecule has 0 amide bonds.